The van der Waals surface area contributed by atoms with E-state index in [1.54, 1.807) is 4.90 Å². The molecular weight excluding hydrogens is 480 g/mol. The Labute approximate surface area is 209 Å². The second-order valence-corrected chi connectivity index (χ2v) is 11.4. The molecule has 1 aliphatic heterocycles. The normalized spacial score (nSPS) is 17.8. The molecule has 188 valence electrons. The summed E-state index contributed by atoms with van der Waals surface area (Å²) in [6, 6.07) is 15.4. The van der Waals surface area contributed by atoms with E-state index in [4.69, 9.17) is 0 Å². The van der Waals surface area contributed by atoms with Gasteiger partial charge in [0.25, 0.3) is 5.91 Å². The van der Waals surface area contributed by atoms with Crippen LogP contribution >= 0.6 is 0 Å². The second-order valence-electron chi connectivity index (χ2n) is 9.68. The van der Waals surface area contributed by atoms with Crippen molar-refractivity contribution in [1.29, 1.82) is 0 Å². The van der Waals surface area contributed by atoms with Crippen molar-refractivity contribution >= 4 is 21.9 Å². The number of amides is 1. The van der Waals surface area contributed by atoms with E-state index in [9.17, 15) is 23.1 Å². The summed E-state index contributed by atoms with van der Waals surface area (Å²) in [6.07, 6.45) is 2.62. The summed E-state index contributed by atoms with van der Waals surface area (Å²) in [5, 5.41) is 10.8. The number of benzene rings is 2. The van der Waals surface area contributed by atoms with Crippen molar-refractivity contribution in [3.63, 3.8) is 0 Å². The summed E-state index contributed by atoms with van der Waals surface area (Å²) in [6.45, 7) is 3.97. The van der Waals surface area contributed by atoms with Crippen LogP contribution < -0.4 is 10.3 Å². The predicted octanol–water partition coefficient (Wildman–Crippen LogP) is 2.66. The van der Waals surface area contributed by atoms with E-state index in [-0.39, 0.29) is 30.1 Å². The fourth-order valence-corrected chi connectivity index (χ4v) is 5.95. The summed E-state index contributed by atoms with van der Waals surface area (Å²) in [5.74, 6) is -1.91. The van der Waals surface area contributed by atoms with Crippen molar-refractivity contribution < 1.29 is 18.3 Å². The largest absolute Gasteiger partial charge is 0.501 e. The zero-order valence-electron chi connectivity index (χ0n) is 20.3. The minimum absolute atomic E-state index is 0.223. The molecule has 3 aromatic rings. The number of rotatable bonds is 4. The van der Waals surface area contributed by atoms with Gasteiger partial charge in [-0.2, -0.15) is 4.98 Å². The first-order valence-corrected chi connectivity index (χ1v) is 13.8. The monoisotopic (exact) mass is 508 g/mol. The number of aromatic nitrogens is 2. The van der Waals surface area contributed by atoms with Crippen LogP contribution in [0, 0.1) is 0 Å². The number of anilines is 1. The zero-order valence-corrected chi connectivity index (χ0v) is 21.1. The van der Waals surface area contributed by atoms with Gasteiger partial charge in [0.05, 0.1) is 12.3 Å². The maximum absolute atomic E-state index is 13.5. The Bertz CT molecular complexity index is 1480. The molecular formula is C26H28N4O5S. The molecule has 1 aliphatic carbocycles. The van der Waals surface area contributed by atoms with Crippen molar-refractivity contribution in [2.24, 2.45) is 0 Å². The molecule has 1 atom stereocenters. The van der Waals surface area contributed by atoms with E-state index in [0.29, 0.717) is 0 Å². The molecule has 2 N–H and O–H groups in total. The highest BCUT2D eigenvalue weighted by Gasteiger charge is 2.43. The first-order chi connectivity index (χ1) is 17.1. The topological polar surface area (TPSA) is 122 Å². The van der Waals surface area contributed by atoms with Crippen LogP contribution in [0.2, 0.25) is 0 Å². The third kappa shape index (κ3) is 4.05. The van der Waals surface area contributed by atoms with Crippen LogP contribution in [0.15, 0.2) is 53.3 Å². The van der Waals surface area contributed by atoms with E-state index in [1.165, 1.54) is 4.57 Å². The molecule has 36 heavy (non-hydrogen) atoms. The average Bonchev–Trinajstić information content (AvgIpc) is 2.98. The fraction of sp³-hybridized carbons (Fsp3) is 0.346. The SMILES string of the molecule is CC(C)N1C[C@H](C2c3ccccc3CCc3ccccc32)n2c(NS(C)(=O)=O)nc(=O)c(O)c2C1=O. The molecule has 0 spiro atoms. The van der Waals surface area contributed by atoms with Gasteiger partial charge >= 0.3 is 5.56 Å². The summed E-state index contributed by atoms with van der Waals surface area (Å²) >= 11 is 0. The number of hydrogen-bond donors (Lipinski definition) is 2. The van der Waals surface area contributed by atoms with Gasteiger partial charge in [-0.25, -0.2) is 8.42 Å². The number of nitrogens with one attached hydrogen (secondary N) is 1. The first-order valence-electron chi connectivity index (χ1n) is 11.9. The van der Waals surface area contributed by atoms with Gasteiger partial charge in [0, 0.05) is 18.5 Å². The highest BCUT2D eigenvalue weighted by molar-refractivity contribution is 7.92. The molecule has 10 heteroatoms. The molecule has 0 saturated heterocycles. The van der Waals surface area contributed by atoms with E-state index >= 15 is 0 Å². The van der Waals surface area contributed by atoms with Gasteiger partial charge in [0.1, 0.15) is 0 Å². The van der Waals surface area contributed by atoms with Crippen LogP contribution in [0.1, 0.15) is 58.5 Å². The van der Waals surface area contributed by atoms with Crippen LogP contribution in [0.4, 0.5) is 5.95 Å². The van der Waals surface area contributed by atoms with Crippen molar-refractivity contribution in [3.05, 3.63) is 86.8 Å². The summed E-state index contributed by atoms with van der Waals surface area (Å²) in [4.78, 5) is 31.6. The molecule has 5 rings (SSSR count). The summed E-state index contributed by atoms with van der Waals surface area (Å²) in [7, 11) is -3.85. The maximum atomic E-state index is 13.5. The van der Waals surface area contributed by atoms with Crippen molar-refractivity contribution in [1.82, 2.24) is 14.5 Å². The fourth-order valence-electron chi connectivity index (χ4n) is 5.47. The molecule has 2 heterocycles. The highest BCUT2D eigenvalue weighted by atomic mass is 32.2. The van der Waals surface area contributed by atoms with Crippen LogP contribution in [0.5, 0.6) is 5.75 Å². The van der Waals surface area contributed by atoms with E-state index < -0.39 is 33.3 Å². The minimum Gasteiger partial charge on any atom is -0.501 e. The predicted molar refractivity (Wildman–Crippen MR) is 136 cm³/mol. The standard InChI is InChI=1S/C26H28N4O5S/c1-15(2)29-14-20(30-22(25(29)33)23(31)24(32)27-26(30)28-36(3,34)35)21-18-10-6-4-8-16(18)12-13-17-9-5-7-11-19(17)21/h4-11,15,20-21,31H,12-14H2,1-3H3,(H,27,28,32)/t20-/m1/s1. The van der Waals surface area contributed by atoms with E-state index in [2.05, 4.69) is 34.0 Å². The molecule has 1 amide bonds. The maximum Gasteiger partial charge on any atom is 0.317 e. The number of aryl methyl sites for hydroxylation is 2. The molecule has 0 radical (unpaired) electrons. The Kier molecular flexibility index (Phi) is 5.86. The average molecular weight is 509 g/mol. The van der Waals surface area contributed by atoms with Gasteiger partial charge in [-0.3, -0.25) is 18.9 Å². The van der Waals surface area contributed by atoms with E-state index in [1.807, 2.05) is 38.1 Å². The van der Waals surface area contributed by atoms with Gasteiger partial charge in [0.2, 0.25) is 21.7 Å². The molecule has 9 nitrogen and oxygen atoms in total. The van der Waals surface area contributed by atoms with Gasteiger partial charge in [-0.1, -0.05) is 48.5 Å². The van der Waals surface area contributed by atoms with Crippen LogP contribution in [0.3, 0.4) is 0 Å². The smallest absolute Gasteiger partial charge is 0.317 e. The lowest BCUT2D eigenvalue weighted by Gasteiger charge is -2.42. The lowest BCUT2D eigenvalue weighted by atomic mass is 9.81. The summed E-state index contributed by atoms with van der Waals surface area (Å²) in [5.41, 5.74) is 3.10. The summed E-state index contributed by atoms with van der Waals surface area (Å²) < 4.78 is 28.2. The number of nitrogens with zero attached hydrogens (tertiary/aromatic N) is 3. The Hall–Kier alpha value is -3.66. The molecule has 0 fully saturated rings. The minimum atomic E-state index is -3.85. The van der Waals surface area contributed by atoms with Crippen LogP contribution in [-0.2, 0) is 22.9 Å². The van der Waals surface area contributed by atoms with Gasteiger partial charge < -0.3 is 10.0 Å². The number of sulfonamides is 1. The third-order valence-electron chi connectivity index (χ3n) is 7.01. The van der Waals surface area contributed by atoms with E-state index in [0.717, 1.165) is 41.4 Å². The Morgan fingerprint density at radius 1 is 1.00 bits per heavy atom. The Morgan fingerprint density at radius 3 is 2.08 bits per heavy atom. The molecule has 2 aliphatic rings. The first kappa shape index (κ1) is 24.1. The Morgan fingerprint density at radius 2 is 1.56 bits per heavy atom. The second kappa shape index (κ2) is 8.77. The van der Waals surface area contributed by atoms with Crippen molar-refractivity contribution in [2.45, 2.75) is 44.7 Å². The highest BCUT2D eigenvalue weighted by Crippen LogP contribution is 2.45. The number of fused-ring (bicyclic) bond motifs is 3. The molecule has 0 bridgehead atoms. The van der Waals surface area contributed by atoms with Crippen molar-refractivity contribution in [2.75, 3.05) is 17.5 Å². The third-order valence-corrected chi connectivity index (χ3v) is 7.56. The number of hydrogen-bond acceptors (Lipinski definition) is 6. The lowest BCUT2D eigenvalue weighted by molar-refractivity contribution is 0.0588. The molecule has 2 aromatic carbocycles. The zero-order chi connectivity index (χ0) is 25.8. The molecule has 0 unspecified atom stereocenters. The number of carbonyl (C=O) groups is 1. The van der Waals surface area contributed by atoms with Gasteiger partial charge in [-0.15, -0.1) is 0 Å². The Balaban J connectivity index is 1.86. The van der Waals surface area contributed by atoms with Crippen LogP contribution in [0.25, 0.3) is 0 Å². The quantitative estimate of drug-likeness (QED) is 0.559. The molecule has 1 aromatic heterocycles. The number of carbonyl (C=O) groups excluding carboxylic acids is 1. The number of aromatic hydroxyl groups is 1. The van der Waals surface area contributed by atoms with Gasteiger partial charge in [-0.05, 0) is 48.9 Å². The lowest BCUT2D eigenvalue weighted by Crippen LogP contribution is -2.50. The van der Waals surface area contributed by atoms with Crippen LogP contribution in [-0.4, -0.2) is 52.7 Å². The van der Waals surface area contributed by atoms with Gasteiger partial charge in [0.15, 0.2) is 5.69 Å². The van der Waals surface area contributed by atoms with Crippen molar-refractivity contribution in [3.8, 4) is 5.75 Å². The molecule has 0 saturated carbocycles.